The first-order valence-electron chi connectivity index (χ1n) is 5.44. The summed E-state index contributed by atoms with van der Waals surface area (Å²) in [5.41, 5.74) is 1.88. The summed E-state index contributed by atoms with van der Waals surface area (Å²) in [7, 11) is -3.16. The second-order valence-electron chi connectivity index (χ2n) is 4.22. The molecule has 0 amide bonds. The summed E-state index contributed by atoms with van der Waals surface area (Å²) in [6, 6.07) is 5.34. The van der Waals surface area contributed by atoms with Gasteiger partial charge in [-0.05, 0) is 42.2 Å². The van der Waals surface area contributed by atoms with Crippen molar-refractivity contribution in [2.24, 2.45) is 0 Å². The van der Waals surface area contributed by atoms with Crippen LogP contribution in [-0.2, 0) is 9.84 Å². The van der Waals surface area contributed by atoms with Gasteiger partial charge in [-0.2, -0.15) is 0 Å². The summed E-state index contributed by atoms with van der Waals surface area (Å²) in [5, 5.41) is 0.973. The van der Waals surface area contributed by atoms with Crippen LogP contribution in [0.1, 0.15) is 18.4 Å². The van der Waals surface area contributed by atoms with E-state index in [0.29, 0.717) is 21.4 Å². The highest BCUT2D eigenvalue weighted by atomic mass is 35.5. The minimum absolute atomic E-state index is 0.370. The third kappa shape index (κ3) is 2.97. The van der Waals surface area contributed by atoms with Gasteiger partial charge in [-0.25, -0.2) is 8.42 Å². The van der Waals surface area contributed by atoms with E-state index in [1.807, 2.05) is 6.07 Å². The van der Waals surface area contributed by atoms with Gasteiger partial charge in [-0.1, -0.05) is 35.3 Å². The van der Waals surface area contributed by atoms with E-state index in [2.05, 4.69) is 0 Å². The third-order valence-corrected chi connectivity index (χ3v) is 4.67. The number of sulfone groups is 1. The van der Waals surface area contributed by atoms with Gasteiger partial charge < -0.3 is 0 Å². The van der Waals surface area contributed by atoms with Crippen molar-refractivity contribution >= 4 is 38.6 Å². The van der Waals surface area contributed by atoms with Gasteiger partial charge in [0.2, 0.25) is 0 Å². The Hall–Kier alpha value is -0.770. The highest BCUT2D eigenvalue weighted by Gasteiger charge is 2.15. The van der Waals surface area contributed by atoms with E-state index in [4.69, 9.17) is 23.2 Å². The van der Waals surface area contributed by atoms with Crippen molar-refractivity contribution in [2.75, 3.05) is 6.26 Å². The minimum atomic E-state index is -3.16. The predicted octanol–water partition coefficient (Wildman–Crippen LogP) is 4.10. The number of halogens is 2. The summed E-state index contributed by atoms with van der Waals surface area (Å²) in [4.78, 5) is 0.370. The molecule has 0 unspecified atom stereocenters. The molecule has 1 aromatic carbocycles. The smallest absolute Gasteiger partial charge is 0.175 e. The van der Waals surface area contributed by atoms with E-state index in [9.17, 15) is 8.42 Å². The van der Waals surface area contributed by atoms with Crippen LogP contribution in [0.4, 0.5) is 0 Å². The van der Waals surface area contributed by atoms with Crippen LogP contribution in [0.25, 0.3) is 5.57 Å². The van der Waals surface area contributed by atoms with Crippen LogP contribution in [0.5, 0.6) is 0 Å². The van der Waals surface area contributed by atoms with Crippen LogP contribution in [-0.4, -0.2) is 14.7 Å². The van der Waals surface area contributed by atoms with Gasteiger partial charge in [0, 0.05) is 6.26 Å². The van der Waals surface area contributed by atoms with E-state index in [1.54, 1.807) is 24.3 Å². The Bertz CT molecular complexity index is 643. The predicted molar refractivity (Wildman–Crippen MR) is 76.6 cm³/mol. The Morgan fingerprint density at radius 2 is 1.89 bits per heavy atom. The first kappa shape index (κ1) is 13.7. The monoisotopic (exact) mass is 302 g/mol. The number of hydrogen-bond donors (Lipinski definition) is 0. The average molecular weight is 303 g/mol. The maximum absolute atomic E-state index is 11.5. The molecule has 96 valence electrons. The van der Waals surface area contributed by atoms with Crippen molar-refractivity contribution in [3.63, 3.8) is 0 Å². The molecule has 1 aromatic rings. The van der Waals surface area contributed by atoms with Gasteiger partial charge in [0.1, 0.15) is 0 Å². The van der Waals surface area contributed by atoms with Gasteiger partial charge in [-0.15, -0.1) is 0 Å². The molecule has 2 nitrogen and oxygen atoms in total. The molecule has 0 saturated carbocycles. The Morgan fingerprint density at radius 1 is 1.17 bits per heavy atom. The topological polar surface area (TPSA) is 34.1 Å². The second kappa shape index (κ2) is 5.08. The van der Waals surface area contributed by atoms with Crippen LogP contribution < -0.4 is 0 Å². The minimum Gasteiger partial charge on any atom is -0.224 e. The van der Waals surface area contributed by atoms with Gasteiger partial charge in [0.15, 0.2) is 9.84 Å². The number of allylic oxidation sites excluding steroid dienone is 3. The third-order valence-electron chi connectivity index (χ3n) is 2.79. The molecule has 0 atom stereocenters. The molecule has 1 aliphatic rings. The fraction of sp³-hybridized carbons (Fsp3) is 0.231. The molecule has 0 radical (unpaired) electrons. The standard InChI is InChI=1S/C13H12Cl2O2S/c1-18(16,17)11-4-2-3-9(7-11)10-5-6-12(14)13(15)8-10/h4-8H,2-3H2,1H3. The zero-order chi connectivity index (χ0) is 13.3. The molecule has 0 saturated heterocycles. The van der Waals surface area contributed by atoms with Crippen molar-refractivity contribution in [3.8, 4) is 0 Å². The van der Waals surface area contributed by atoms with Crippen molar-refractivity contribution in [2.45, 2.75) is 12.8 Å². The number of rotatable bonds is 2. The van der Waals surface area contributed by atoms with Gasteiger partial charge in [0.25, 0.3) is 0 Å². The maximum atomic E-state index is 11.5. The normalized spacial score (nSPS) is 16.2. The quantitative estimate of drug-likeness (QED) is 0.824. The highest BCUT2D eigenvalue weighted by molar-refractivity contribution is 7.94. The Balaban J connectivity index is 2.43. The van der Waals surface area contributed by atoms with Crippen LogP contribution >= 0.6 is 23.2 Å². The largest absolute Gasteiger partial charge is 0.224 e. The first-order valence-corrected chi connectivity index (χ1v) is 8.09. The second-order valence-corrected chi connectivity index (χ2v) is 7.05. The van der Waals surface area contributed by atoms with E-state index in [0.717, 1.165) is 17.6 Å². The van der Waals surface area contributed by atoms with Crippen LogP contribution in [0.2, 0.25) is 10.0 Å². The molecule has 0 spiro atoms. The average Bonchev–Trinajstić information content (AvgIpc) is 2.32. The molecule has 0 N–H and O–H groups in total. The first-order chi connectivity index (χ1) is 8.38. The molecule has 0 heterocycles. The molecule has 5 heteroatoms. The SMILES string of the molecule is CS(=O)(=O)C1=CCCC(c2ccc(Cl)c(Cl)c2)=C1. The molecule has 2 rings (SSSR count). The van der Waals surface area contributed by atoms with Crippen LogP contribution in [0.3, 0.4) is 0 Å². The summed E-state index contributed by atoms with van der Waals surface area (Å²) in [6.45, 7) is 0. The lowest BCUT2D eigenvalue weighted by atomic mass is 9.97. The molecule has 0 aromatic heterocycles. The fourth-order valence-electron chi connectivity index (χ4n) is 1.85. The van der Waals surface area contributed by atoms with Crippen molar-refractivity contribution in [3.05, 3.63) is 50.9 Å². The number of benzene rings is 1. The Kier molecular flexibility index (Phi) is 3.85. The summed E-state index contributed by atoms with van der Waals surface area (Å²) in [5.74, 6) is 0. The zero-order valence-corrected chi connectivity index (χ0v) is 12.1. The van der Waals surface area contributed by atoms with E-state index < -0.39 is 9.84 Å². The number of hydrogen-bond acceptors (Lipinski definition) is 2. The summed E-state index contributed by atoms with van der Waals surface area (Å²) >= 11 is 11.8. The maximum Gasteiger partial charge on any atom is 0.175 e. The highest BCUT2D eigenvalue weighted by Crippen LogP contribution is 2.32. The zero-order valence-electron chi connectivity index (χ0n) is 9.78. The van der Waals surface area contributed by atoms with Crippen molar-refractivity contribution < 1.29 is 8.42 Å². The molecule has 0 fully saturated rings. The summed E-state index contributed by atoms with van der Waals surface area (Å²) < 4.78 is 23.0. The molecular weight excluding hydrogens is 291 g/mol. The molecule has 18 heavy (non-hydrogen) atoms. The Labute approximate surface area is 117 Å². The van der Waals surface area contributed by atoms with Crippen molar-refractivity contribution in [1.82, 2.24) is 0 Å². The van der Waals surface area contributed by atoms with Crippen molar-refractivity contribution in [1.29, 1.82) is 0 Å². The molecular formula is C13H12Cl2O2S. The summed E-state index contributed by atoms with van der Waals surface area (Å²) in [6.07, 6.45) is 6.19. The molecule has 1 aliphatic carbocycles. The van der Waals surface area contributed by atoms with E-state index in [1.165, 1.54) is 6.26 Å². The fourth-order valence-corrected chi connectivity index (χ4v) is 2.93. The van der Waals surface area contributed by atoms with E-state index in [-0.39, 0.29) is 0 Å². The molecule has 0 aliphatic heterocycles. The lowest BCUT2D eigenvalue weighted by molar-refractivity contribution is 0.608. The van der Waals surface area contributed by atoms with Gasteiger partial charge >= 0.3 is 0 Å². The Morgan fingerprint density at radius 3 is 2.50 bits per heavy atom. The van der Waals surface area contributed by atoms with E-state index >= 15 is 0 Å². The van der Waals surface area contributed by atoms with Crippen LogP contribution in [0.15, 0.2) is 35.3 Å². The lowest BCUT2D eigenvalue weighted by Crippen LogP contribution is -2.03. The van der Waals surface area contributed by atoms with Gasteiger partial charge in [0.05, 0.1) is 15.0 Å². The van der Waals surface area contributed by atoms with Gasteiger partial charge in [-0.3, -0.25) is 0 Å². The molecule has 0 bridgehead atoms. The lowest BCUT2D eigenvalue weighted by Gasteiger charge is -2.13. The van der Waals surface area contributed by atoms with Crippen LogP contribution in [0, 0.1) is 0 Å².